The molecule has 0 spiro atoms. The first-order valence-electron chi connectivity index (χ1n) is 6.55. The number of ether oxygens (including phenoxy) is 1. The third kappa shape index (κ3) is 2.85. The quantitative estimate of drug-likeness (QED) is 0.640. The molecule has 0 unspecified atom stereocenters. The van der Waals surface area contributed by atoms with E-state index in [1.165, 1.54) is 5.56 Å². The van der Waals surface area contributed by atoms with Crippen molar-refractivity contribution in [2.24, 2.45) is 5.84 Å². The molecular formula is C15H21N3O. The summed E-state index contributed by atoms with van der Waals surface area (Å²) in [6.07, 6.45) is 0.854. The van der Waals surface area contributed by atoms with E-state index >= 15 is 0 Å². The molecular weight excluding hydrogens is 238 g/mol. The van der Waals surface area contributed by atoms with Crippen LogP contribution in [0.1, 0.15) is 31.0 Å². The van der Waals surface area contributed by atoms with Gasteiger partial charge in [0.2, 0.25) is 0 Å². The Balaban J connectivity index is 2.61. The third-order valence-corrected chi connectivity index (χ3v) is 3.27. The number of nitrogens with zero attached hydrogens (tertiary/aromatic N) is 1. The number of para-hydroxylation sites is 1. The maximum Gasteiger partial charge on any atom is 0.0759 e. The maximum atomic E-state index is 5.63. The number of anilines is 1. The Hall–Kier alpha value is -1.65. The van der Waals surface area contributed by atoms with E-state index in [-0.39, 0.29) is 0 Å². The molecule has 2 rings (SSSR count). The summed E-state index contributed by atoms with van der Waals surface area (Å²) in [5, 5.41) is 1.06. The van der Waals surface area contributed by atoms with E-state index in [1.807, 2.05) is 18.2 Å². The van der Waals surface area contributed by atoms with Crippen molar-refractivity contribution in [3.63, 3.8) is 0 Å². The fourth-order valence-electron chi connectivity index (χ4n) is 2.16. The molecule has 0 fully saturated rings. The molecule has 2 aromatic rings. The van der Waals surface area contributed by atoms with Crippen LogP contribution >= 0.6 is 0 Å². The van der Waals surface area contributed by atoms with Crippen molar-refractivity contribution >= 4 is 16.6 Å². The fourth-order valence-corrected chi connectivity index (χ4v) is 2.16. The van der Waals surface area contributed by atoms with Gasteiger partial charge in [0.15, 0.2) is 0 Å². The molecule has 0 radical (unpaired) electrons. The van der Waals surface area contributed by atoms with Crippen LogP contribution in [-0.2, 0) is 11.2 Å². The Morgan fingerprint density at radius 2 is 2.16 bits per heavy atom. The number of rotatable bonds is 5. The monoisotopic (exact) mass is 259 g/mol. The Kier molecular flexibility index (Phi) is 4.35. The lowest BCUT2D eigenvalue weighted by molar-refractivity contribution is 0.202. The zero-order valence-electron chi connectivity index (χ0n) is 11.7. The van der Waals surface area contributed by atoms with Gasteiger partial charge in [-0.2, -0.15) is 0 Å². The lowest BCUT2D eigenvalue weighted by Crippen LogP contribution is -2.09. The van der Waals surface area contributed by atoms with E-state index in [2.05, 4.69) is 25.3 Å². The van der Waals surface area contributed by atoms with Crippen LogP contribution in [0.25, 0.3) is 10.9 Å². The van der Waals surface area contributed by atoms with Crippen LogP contribution in [0.4, 0.5) is 5.69 Å². The number of nitrogens with two attached hydrogens (primary N) is 1. The van der Waals surface area contributed by atoms with Crippen LogP contribution in [0.15, 0.2) is 24.3 Å². The van der Waals surface area contributed by atoms with Crippen LogP contribution in [0.3, 0.4) is 0 Å². The van der Waals surface area contributed by atoms with Crippen LogP contribution in [0.5, 0.6) is 0 Å². The number of benzene rings is 1. The highest BCUT2D eigenvalue weighted by atomic mass is 16.5. The van der Waals surface area contributed by atoms with E-state index in [0.717, 1.165) is 28.7 Å². The van der Waals surface area contributed by atoms with E-state index in [4.69, 9.17) is 15.6 Å². The molecule has 0 aliphatic rings. The Morgan fingerprint density at radius 3 is 2.79 bits per heavy atom. The van der Waals surface area contributed by atoms with Crippen LogP contribution in [-0.4, -0.2) is 18.7 Å². The zero-order chi connectivity index (χ0) is 13.8. The molecule has 19 heavy (non-hydrogen) atoms. The molecule has 0 aliphatic heterocycles. The maximum absolute atomic E-state index is 5.63. The molecule has 0 amide bonds. The van der Waals surface area contributed by atoms with Gasteiger partial charge in [-0.1, -0.05) is 32.0 Å². The van der Waals surface area contributed by atoms with Crippen molar-refractivity contribution in [3.8, 4) is 0 Å². The fraction of sp³-hybridized carbons (Fsp3) is 0.400. The smallest absolute Gasteiger partial charge is 0.0759 e. The van der Waals surface area contributed by atoms with Crippen LogP contribution in [0, 0.1) is 0 Å². The second kappa shape index (κ2) is 5.99. The number of hydrogen-bond donors (Lipinski definition) is 2. The number of hydrogen-bond acceptors (Lipinski definition) is 4. The topological polar surface area (TPSA) is 60.2 Å². The molecule has 3 N–H and O–H groups in total. The predicted octanol–water partition coefficient (Wildman–Crippen LogP) is 2.83. The minimum absolute atomic E-state index is 0.368. The highest BCUT2D eigenvalue weighted by Gasteiger charge is 2.10. The SMILES string of the molecule is COCCc1cccc2c(NN)cc(C(C)C)nc12. The Labute approximate surface area is 113 Å². The van der Waals surface area contributed by atoms with E-state index in [0.29, 0.717) is 12.5 Å². The largest absolute Gasteiger partial charge is 0.384 e. The normalized spacial score (nSPS) is 11.2. The highest BCUT2D eigenvalue weighted by molar-refractivity contribution is 5.93. The van der Waals surface area contributed by atoms with E-state index in [9.17, 15) is 0 Å². The van der Waals surface area contributed by atoms with Gasteiger partial charge in [0.1, 0.15) is 0 Å². The average molecular weight is 259 g/mol. The summed E-state index contributed by atoms with van der Waals surface area (Å²) in [4.78, 5) is 4.79. The van der Waals surface area contributed by atoms with Gasteiger partial charge in [0.05, 0.1) is 17.8 Å². The van der Waals surface area contributed by atoms with Gasteiger partial charge < -0.3 is 10.2 Å². The number of nitrogen functional groups attached to an aromatic ring is 1. The summed E-state index contributed by atoms with van der Waals surface area (Å²) < 4.78 is 5.16. The number of pyridine rings is 1. The molecule has 4 heteroatoms. The molecule has 102 valence electrons. The zero-order valence-corrected chi connectivity index (χ0v) is 11.7. The Morgan fingerprint density at radius 1 is 1.37 bits per heavy atom. The molecule has 0 atom stereocenters. The summed E-state index contributed by atoms with van der Waals surface area (Å²) in [5.41, 5.74) is 6.95. The minimum atomic E-state index is 0.368. The lowest BCUT2D eigenvalue weighted by atomic mass is 10.0. The first kappa shape index (κ1) is 13.8. The van der Waals surface area contributed by atoms with Crippen molar-refractivity contribution in [1.29, 1.82) is 0 Å². The number of fused-ring (bicyclic) bond motifs is 1. The summed E-state index contributed by atoms with van der Waals surface area (Å²) in [6, 6.07) is 8.19. The van der Waals surface area contributed by atoms with Gasteiger partial charge in [-0.05, 0) is 24.0 Å². The molecule has 0 aliphatic carbocycles. The van der Waals surface area contributed by atoms with Crippen molar-refractivity contribution < 1.29 is 4.74 Å². The second-order valence-corrected chi connectivity index (χ2v) is 4.95. The van der Waals surface area contributed by atoms with Gasteiger partial charge in [0.25, 0.3) is 0 Å². The third-order valence-electron chi connectivity index (χ3n) is 3.27. The number of nitrogens with one attached hydrogen (secondary N) is 1. The molecule has 4 nitrogen and oxygen atoms in total. The molecule has 0 bridgehead atoms. The Bertz CT molecular complexity index is 567. The highest BCUT2D eigenvalue weighted by Crippen LogP contribution is 2.28. The molecule has 0 saturated heterocycles. The van der Waals surface area contributed by atoms with Gasteiger partial charge in [-0.15, -0.1) is 0 Å². The summed E-state index contributed by atoms with van der Waals surface area (Å²) in [6.45, 7) is 4.95. The number of hydrazine groups is 1. The van der Waals surface area contributed by atoms with Gasteiger partial charge in [-0.3, -0.25) is 10.8 Å². The predicted molar refractivity (Wildman–Crippen MR) is 79.2 cm³/mol. The minimum Gasteiger partial charge on any atom is -0.384 e. The summed E-state index contributed by atoms with van der Waals surface area (Å²) in [7, 11) is 1.71. The summed E-state index contributed by atoms with van der Waals surface area (Å²) >= 11 is 0. The average Bonchev–Trinajstić information content (AvgIpc) is 2.43. The first-order valence-corrected chi connectivity index (χ1v) is 6.55. The van der Waals surface area contributed by atoms with Crippen LogP contribution in [0.2, 0.25) is 0 Å². The lowest BCUT2D eigenvalue weighted by Gasteiger charge is -2.13. The van der Waals surface area contributed by atoms with E-state index in [1.54, 1.807) is 7.11 Å². The second-order valence-electron chi connectivity index (χ2n) is 4.95. The van der Waals surface area contributed by atoms with Gasteiger partial charge >= 0.3 is 0 Å². The van der Waals surface area contributed by atoms with Crippen molar-refractivity contribution in [2.45, 2.75) is 26.2 Å². The van der Waals surface area contributed by atoms with Crippen molar-refractivity contribution in [2.75, 3.05) is 19.1 Å². The van der Waals surface area contributed by atoms with E-state index < -0.39 is 0 Å². The van der Waals surface area contributed by atoms with Crippen molar-refractivity contribution in [1.82, 2.24) is 4.98 Å². The number of aromatic nitrogens is 1. The van der Waals surface area contributed by atoms with Gasteiger partial charge in [0, 0.05) is 18.2 Å². The molecule has 0 saturated carbocycles. The van der Waals surface area contributed by atoms with Gasteiger partial charge in [-0.25, -0.2) is 0 Å². The van der Waals surface area contributed by atoms with Crippen LogP contribution < -0.4 is 11.3 Å². The molecule has 1 heterocycles. The standard InChI is InChI=1S/C15H21N3O/c1-10(2)13-9-14(18-16)12-6-4-5-11(7-8-19-3)15(12)17-13/h4-6,9-10H,7-8,16H2,1-3H3,(H,17,18). The summed E-state index contributed by atoms with van der Waals surface area (Å²) in [5.74, 6) is 6.00. The van der Waals surface area contributed by atoms with Crippen molar-refractivity contribution in [3.05, 3.63) is 35.5 Å². The molecule has 1 aromatic carbocycles. The number of methoxy groups -OCH3 is 1. The molecule has 1 aromatic heterocycles. The first-order chi connectivity index (χ1) is 9.17.